The van der Waals surface area contributed by atoms with E-state index in [-0.39, 0.29) is 16.6 Å². The van der Waals surface area contributed by atoms with Crippen LogP contribution >= 0.6 is 0 Å². The average Bonchev–Trinajstić information content (AvgIpc) is 2.53. The fourth-order valence-corrected chi connectivity index (χ4v) is 4.48. The van der Waals surface area contributed by atoms with Crippen LogP contribution in [0, 0.1) is 17.3 Å². The summed E-state index contributed by atoms with van der Waals surface area (Å²) >= 11 is 0. The minimum absolute atomic E-state index is 0.0382. The van der Waals surface area contributed by atoms with Gasteiger partial charge in [0, 0.05) is 6.61 Å². The Morgan fingerprint density at radius 3 is 2.25 bits per heavy atom. The van der Waals surface area contributed by atoms with Gasteiger partial charge in [-0.3, -0.25) is 0 Å². The summed E-state index contributed by atoms with van der Waals surface area (Å²) < 4.78 is 6.33. The van der Waals surface area contributed by atoms with Gasteiger partial charge in [0.05, 0.1) is 6.10 Å². The molecule has 0 spiro atoms. The highest BCUT2D eigenvalue weighted by molar-refractivity contribution is 6.74. The van der Waals surface area contributed by atoms with Gasteiger partial charge in [-0.05, 0) is 54.6 Å². The molecule has 0 heterocycles. The zero-order valence-electron chi connectivity index (χ0n) is 14.9. The van der Waals surface area contributed by atoms with Crippen LogP contribution in [0.15, 0.2) is 0 Å². The Morgan fingerprint density at radius 1 is 1.25 bits per heavy atom. The third-order valence-electron chi connectivity index (χ3n) is 6.07. The maximum atomic E-state index is 10.4. The molecule has 2 nitrogen and oxygen atoms in total. The molecule has 0 aliphatic heterocycles. The maximum absolute atomic E-state index is 10.4. The van der Waals surface area contributed by atoms with E-state index in [0.717, 1.165) is 25.9 Å². The molecule has 3 heteroatoms. The third kappa shape index (κ3) is 3.66. The largest absolute Gasteiger partial charge is 0.417 e. The highest BCUT2D eigenvalue weighted by atomic mass is 28.4. The lowest BCUT2D eigenvalue weighted by Gasteiger charge is -2.40. The van der Waals surface area contributed by atoms with Crippen LogP contribution in [0.3, 0.4) is 0 Å². The lowest BCUT2D eigenvalue weighted by Crippen LogP contribution is -2.43. The minimum Gasteiger partial charge on any atom is -0.417 e. The molecular weight excluding hydrogens is 264 g/mol. The SMILES string of the molecule is CC(C)[C@@H]1CC[C@@H](O)[C@@]1(C)CCO[Si](C)(C)C(C)(C)C. The first-order chi connectivity index (χ1) is 8.92. The minimum atomic E-state index is -1.66. The van der Waals surface area contributed by atoms with E-state index in [0.29, 0.717) is 11.8 Å². The lowest BCUT2D eigenvalue weighted by atomic mass is 9.71. The van der Waals surface area contributed by atoms with Crippen LogP contribution in [-0.2, 0) is 4.43 Å². The summed E-state index contributed by atoms with van der Waals surface area (Å²) in [6.45, 7) is 19.1. The van der Waals surface area contributed by atoms with E-state index in [1.165, 1.54) is 0 Å². The van der Waals surface area contributed by atoms with Gasteiger partial charge in [0.1, 0.15) is 0 Å². The molecule has 1 rings (SSSR count). The Kier molecular flexibility index (Phi) is 5.54. The molecule has 0 saturated heterocycles. The first-order valence-electron chi connectivity index (χ1n) is 8.24. The summed E-state index contributed by atoms with van der Waals surface area (Å²) in [5.74, 6) is 1.27. The first-order valence-corrected chi connectivity index (χ1v) is 11.1. The third-order valence-corrected chi connectivity index (χ3v) is 10.6. The lowest BCUT2D eigenvalue weighted by molar-refractivity contribution is 0.00791. The highest BCUT2D eigenvalue weighted by Crippen LogP contribution is 2.49. The molecule has 1 saturated carbocycles. The second kappa shape index (κ2) is 6.10. The van der Waals surface area contributed by atoms with Crippen molar-refractivity contribution in [2.24, 2.45) is 17.3 Å². The number of aliphatic hydroxyl groups is 1. The molecule has 1 aliphatic carbocycles. The van der Waals surface area contributed by atoms with E-state index >= 15 is 0 Å². The summed E-state index contributed by atoms with van der Waals surface area (Å²) in [5, 5.41) is 10.7. The molecule has 0 radical (unpaired) electrons. The molecule has 0 aromatic carbocycles. The molecule has 120 valence electrons. The number of rotatable bonds is 5. The molecule has 1 N–H and O–H groups in total. The zero-order valence-corrected chi connectivity index (χ0v) is 15.9. The fourth-order valence-electron chi connectivity index (χ4n) is 3.43. The van der Waals surface area contributed by atoms with E-state index in [1.807, 2.05) is 0 Å². The Balaban J connectivity index is 2.64. The van der Waals surface area contributed by atoms with Crippen molar-refractivity contribution in [3.63, 3.8) is 0 Å². The molecule has 0 aromatic heterocycles. The van der Waals surface area contributed by atoms with Gasteiger partial charge >= 0.3 is 0 Å². The van der Waals surface area contributed by atoms with E-state index in [1.54, 1.807) is 0 Å². The van der Waals surface area contributed by atoms with Gasteiger partial charge in [-0.25, -0.2) is 0 Å². The van der Waals surface area contributed by atoms with Crippen LogP contribution in [0.2, 0.25) is 18.1 Å². The van der Waals surface area contributed by atoms with Crippen molar-refractivity contribution in [2.45, 2.75) is 85.0 Å². The topological polar surface area (TPSA) is 29.5 Å². The van der Waals surface area contributed by atoms with Gasteiger partial charge in [-0.15, -0.1) is 0 Å². The first kappa shape index (κ1) is 18.2. The van der Waals surface area contributed by atoms with Crippen molar-refractivity contribution in [1.82, 2.24) is 0 Å². The van der Waals surface area contributed by atoms with Crippen LogP contribution in [0.1, 0.15) is 60.8 Å². The molecule has 1 fully saturated rings. The van der Waals surface area contributed by atoms with Crippen LogP contribution in [-0.4, -0.2) is 26.1 Å². The molecule has 20 heavy (non-hydrogen) atoms. The number of hydrogen-bond donors (Lipinski definition) is 1. The molecule has 0 bridgehead atoms. The second-order valence-electron chi connectivity index (χ2n) is 8.81. The normalized spacial score (nSPS) is 32.1. The maximum Gasteiger partial charge on any atom is 0.191 e. The predicted octanol–water partition coefficient (Wildman–Crippen LogP) is 4.83. The van der Waals surface area contributed by atoms with Gasteiger partial charge in [0.15, 0.2) is 8.32 Å². The summed E-state index contributed by atoms with van der Waals surface area (Å²) in [6, 6.07) is 0. The smallest absolute Gasteiger partial charge is 0.191 e. The Hall–Kier alpha value is 0.137. The molecular formula is C17H36O2Si. The Bertz CT molecular complexity index is 319. The standard InChI is InChI=1S/C17H36O2Si/c1-13(2)14-9-10-15(18)17(14,6)11-12-19-20(7,8)16(3,4)5/h13-15,18H,9-12H2,1-8H3/t14-,15+,17-/m0/s1. The summed E-state index contributed by atoms with van der Waals surface area (Å²) in [6.07, 6.45) is 2.95. The number of hydrogen-bond acceptors (Lipinski definition) is 2. The fraction of sp³-hybridized carbons (Fsp3) is 1.00. The highest BCUT2D eigenvalue weighted by Gasteiger charge is 2.47. The quantitative estimate of drug-likeness (QED) is 0.737. The van der Waals surface area contributed by atoms with Gasteiger partial charge in [0.25, 0.3) is 0 Å². The van der Waals surface area contributed by atoms with Gasteiger partial charge < -0.3 is 9.53 Å². The monoisotopic (exact) mass is 300 g/mol. The second-order valence-corrected chi connectivity index (χ2v) is 13.6. The van der Waals surface area contributed by atoms with Gasteiger partial charge in [-0.2, -0.15) is 0 Å². The molecule has 0 amide bonds. The Morgan fingerprint density at radius 2 is 1.80 bits per heavy atom. The molecule has 1 aliphatic rings. The van der Waals surface area contributed by atoms with Crippen LogP contribution in [0.25, 0.3) is 0 Å². The van der Waals surface area contributed by atoms with Crippen LogP contribution in [0.4, 0.5) is 0 Å². The van der Waals surface area contributed by atoms with Crippen molar-refractivity contribution in [1.29, 1.82) is 0 Å². The number of aliphatic hydroxyl groups excluding tert-OH is 1. The van der Waals surface area contributed by atoms with Crippen LogP contribution in [0.5, 0.6) is 0 Å². The summed E-state index contributed by atoms with van der Waals surface area (Å²) in [4.78, 5) is 0. The molecule has 0 unspecified atom stereocenters. The van der Waals surface area contributed by atoms with E-state index < -0.39 is 8.32 Å². The van der Waals surface area contributed by atoms with Crippen molar-refractivity contribution in [3.05, 3.63) is 0 Å². The van der Waals surface area contributed by atoms with E-state index in [9.17, 15) is 5.11 Å². The summed E-state index contributed by atoms with van der Waals surface area (Å²) in [5.41, 5.74) is 0.0382. The average molecular weight is 301 g/mol. The van der Waals surface area contributed by atoms with Crippen molar-refractivity contribution >= 4 is 8.32 Å². The Labute approximate surface area is 127 Å². The van der Waals surface area contributed by atoms with Gasteiger partial charge in [-0.1, -0.05) is 41.5 Å². The van der Waals surface area contributed by atoms with E-state index in [2.05, 4.69) is 54.6 Å². The summed E-state index contributed by atoms with van der Waals surface area (Å²) in [7, 11) is -1.66. The van der Waals surface area contributed by atoms with Crippen molar-refractivity contribution < 1.29 is 9.53 Å². The van der Waals surface area contributed by atoms with Crippen LogP contribution < -0.4 is 0 Å². The molecule has 3 atom stereocenters. The zero-order chi connectivity index (χ0) is 15.8. The predicted molar refractivity (Wildman–Crippen MR) is 89.4 cm³/mol. The van der Waals surface area contributed by atoms with Gasteiger partial charge in [0.2, 0.25) is 0 Å². The van der Waals surface area contributed by atoms with Crippen molar-refractivity contribution in [2.75, 3.05) is 6.61 Å². The van der Waals surface area contributed by atoms with Crippen molar-refractivity contribution in [3.8, 4) is 0 Å². The van der Waals surface area contributed by atoms with E-state index in [4.69, 9.17) is 4.43 Å². The molecule has 0 aromatic rings.